The zero-order chi connectivity index (χ0) is 22.6. The predicted molar refractivity (Wildman–Crippen MR) is 119 cm³/mol. The number of hydrogen-bond acceptors (Lipinski definition) is 9. The lowest BCUT2D eigenvalue weighted by atomic mass is 10.3. The van der Waals surface area contributed by atoms with E-state index in [-0.39, 0.29) is 33.6 Å². The number of aryl methyl sites for hydroxylation is 1. The second kappa shape index (κ2) is 9.54. The van der Waals surface area contributed by atoms with E-state index < -0.39 is 16.0 Å². The second-order valence-electron chi connectivity index (χ2n) is 6.68. The molecule has 12 heteroatoms. The minimum atomic E-state index is -3.75. The summed E-state index contributed by atoms with van der Waals surface area (Å²) >= 11 is 2.11. The molecule has 1 amide bonds. The van der Waals surface area contributed by atoms with Gasteiger partial charge < -0.3 is 10.1 Å². The van der Waals surface area contributed by atoms with E-state index in [2.05, 4.69) is 20.0 Å². The van der Waals surface area contributed by atoms with Gasteiger partial charge in [-0.25, -0.2) is 23.2 Å². The molecule has 9 nitrogen and oxygen atoms in total. The van der Waals surface area contributed by atoms with Crippen LogP contribution in [0, 0.1) is 6.92 Å². The number of ether oxygens (including phenoxy) is 1. The van der Waals surface area contributed by atoms with Gasteiger partial charge in [-0.2, -0.15) is 0 Å². The smallest absolute Gasteiger partial charge is 0.350 e. The van der Waals surface area contributed by atoms with Gasteiger partial charge in [0.25, 0.3) is 10.0 Å². The molecule has 0 unspecified atom stereocenters. The van der Waals surface area contributed by atoms with E-state index >= 15 is 0 Å². The molecular formula is C19H20N4O5S3. The first-order valence-electron chi connectivity index (χ1n) is 9.14. The SMILES string of the molecule is Cc1nc(NC(=O)Cc2csc(NS(=O)(=O)c3ccccc3)n2)sc1C(=O)OC(C)C. The van der Waals surface area contributed by atoms with Gasteiger partial charge in [-0.15, -0.1) is 11.3 Å². The van der Waals surface area contributed by atoms with Gasteiger partial charge in [0.2, 0.25) is 5.91 Å². The van der Waals surface area contributed by atoms with Crippen molar-refractivity contribution in [2.45, 2.75) is 38.2 Å². The molecule has 0 aliphatic heterocycles. The summed E-state index contributed by atoms with van der Waals surface area (Å²) in [5.41, 5.74) is 0.873. The standard InChI is InChI=1S/C19H20N4O5S3/c1-11(2)28-17(25)16-12(3)20-18(30-16)22-15(24)9-13-10-29-19(21-13)23-31(26,27)14-7-5-4-6-8-14/h4-8,10-11H,9H2,1-3H3,(H,21,23)(H,20,22,24). The maximum absolute atomic E-state index is 12.4. The van der Waals surface area contributed by atoms with Gasteiger partial charge in [0.15, 0.2) is 10.3 Å². The quantitative estimate of drug-likeness (QED) is 0.473. The number of hydrogen-bond donors (Lipinski definition) is 2. The fourth-order valence-electron chi connectivity index (χ4n) is 2.44. The van der Waals surface area contributed by atoms with Crippen molar-refractivity contribution in [1.82, 2.24) is 9.97 Å². The number of nitrogens with one attached hydrogen (secondary N) is 2. The van der Waals surface area contributed by atoms with E-state index in [0.717, 1.165) is 22.7 Å². The van der Waals surface area contributed by atoms with Crippen molar-refractivity contribution in [3.05, 3.63) is 52.0 Å². The molecule has 0 bridgehead atoms. The summed E-state index contributed by atoms with van der Waals surface area (Å²) in [7, 11) is -3.75. The number of esters is 1. The summed E-state index contributed by atoms with van der Waals surface area (Å²) in [6, 6.07) is 7.93. The number of thiazole rings is 2. The maximum atomic E-state index is 12.4. The Labute approximate surface area is 187 Å². The molecular weight excluding hydrogens is 460 g/mol. The van der Waals surface area contributed by atoms with Crippen molar-refractivity contribution in [1.29, 1.82) is 0 Å². The molecule has 0 spiro atoms. The summed E-state index contributed by atoms with van der Waals surface area (Å²) in [4.78, 5) is 33.2. The Bertz CT molecular complexity index is 1190. The van der Waals surface area contributed by atoms with Crippen LogP contribution in [0.5, 0.6) is 0 Å². The van der Waals surface area contributed by atoms with Gasteiger partial charge in [-0.3, -0.25) is 9.52 Å². The number of carbonyl (C=O) groups excluding carboxylic acids is 2. The van der Waals surface area contributed by atoms with Crippen molar-refractivity contribution in [3.8, 4) is 0 Å². The molecule has 2 heterocycles. The van der Waals surface area contributed by atoms with Crippen LogP contribution in [0.15, 0.2) is 40.6 Å². The molecule has 2 N–H and O–H groups in total. The number of anilines is 2. The second-order valence-corrected chi connectivity index (χ2v) is 10.2. The minimum Gasteiger partial charge on any atom is -0.459 e. The minimum absolute atomic E-state index is 0.0754. The van der Waals surface area contributed by atoms with Crippen LogP contribution in [0.3, 0.4) is 0 Å². The number of carbonyl (C=O) groups is 2. The van der Waals surface area contributed by atoms with E-state index in [4.69, 9.17) is 4.74 Å². The highest BCUT2D eigenvalue weighted by Gasteiger charge is 2.20. The molecule has 31 heavy (non-hydrogen) atoms. The molecule has 0 aliphatic carbocycles. The first-order valence-corrected chi connectivity index (χ1v) is 12.3. The van der Waals surface area contributed by atoms with Crippen molar-refractivity contribution >= 4 is 54.8 Å². The first-order chi connectivity index (χ1) is 14.6. The third-order valence-corrected chi connectivity index (χ3v) is 7.08. The fraction of sp³-hybridized carbons (Fsp3) is 0.263. The van der Waals surface area contributed by atoms with Crippen LogP contribution in [0.1, 0.15) is 34.9 Å². The number of rotatable bonds is 8. The molecule has 0 fully saturated rings. The molecule has 0 atom stereocenters. The molecule has 0 aliphatic rings. The summed E-state index contributed by atoms with van der Waals surface area (Å²) in [6.07, 6.45) is -0.334. The number of benzene rings is 1. The van der Waals surface area contributed by atoms with Crippen LogP contribution in [0.2, 0.25) is 0 Å². The molecule has 2 aromatic heterocycles. The first kappa shape index (κ1) is 22.8. The summed E-state index contributed by atoms with van der Waals surface area (Å²) in [5.74, 6) is -0.874. The molecule has 0 radical (unpaired) electrons. The van der Waals surface area contributed by atoms with Crippen LogP contribution in [0.4, 0.5) is 10.3 Å². The highest BCUT2D eigenvalue weighted by Crippen LogP contribution is 2.25. The summed E-state index contributed by atoms with van der Waals surface area (Å²) in [6.45, 7) is 5.16. The van der Waals surface area contributed by atoms with Gasteiger partial charge in [0.05, 0.1) is 28.8 Å². The number of aromatic nitrogens is 2. The van der Waals surface area contributed by atoms with Gasteiger partial charge >= 0.3 is 5.97 Å². The van der Waals surface area contributed by atoms with Crippen LogP contribution >= 0.6 is 22.7 Å². The number of sulfonamides is 1. The van der Waals surface area contributed by atoms with Crippen molar-refractivity contribution in [2.75, 3.05) is 10.0 Å². The third-order valence-electron chi connectivity index (χ3n) is 3.74. The van der Waals surface area contributed by atoms with E-state index in [0.29, 0.717) is 16.3 Å². The lowest BCUT2D eigenvalue weighted by Gasteiger charge is -2.05. The summed E-state index contributed by atoms with van der Waals surface area (Å²) in [5, 5.41) is 4.67. The lowest BCUT2D eigenvalue weighted by Crippen LogP contribution is -2.15. The van der Waals surface area contributed by atoms with Crippen LogP contribution in [-0.2, 0) is 26.0 Å². The Balaban J connectivity index is 1.61. The molecule has 0 saturated carbocycles. The Morgan fingerprint density at radius 3 is 2.52 bits per heavy atom. The van der Waals surface area contributed by atoms with Crippen molar-refractivity contribution in [3.63, 3.8) is 0 Å². The lowest BCUT2D eigenvalue weighted by molar-refractivity contribution is -0.115. The highest BCUT2D eigenvalue weighted by atomic mass is 32.2. The zero-order valence-electron chi connectivity index (χ0n) is 16.9. The van der Waals surface area contributed by atoms with E-state index in [1.807, 2.05) is 0 Å². The van der Waals surface area contributed by atoms with Gasteiger partial charge in [-0.05, 0) is 32.9 Å². The highest BCUT2D eigenvalue weighted by molar-refractivity contribution is 7.93. The Kier molecular flexibility index (Phi) is 7.03. The molecule has 3 rings (SSSR count). The van der Waals surface area contributed by atoms with Crippen molar-refractivity contribution < 1.29 is 22.7 Å². The van der Waals surface area contributed by atoms with E-state index in [9.17, 15) is 18.0 Å². The fourth-order valence-corrected chi connectivity index (χ4v) is 5.29. The topological polar surface area (TPSA) is 127 Å². The monoisotopic (exact) mass is 480 g/mol. The largest absolute Gasteiger partial charge is 0.459 e. The Morgan fingerprint density at radius 1 is 1.13 bits per heavy atom. The molecule has 1 aromatic carbocycles. The van der Waals surface area contributed by atoms with Gasteiger partial charge in [0, 0.05) is 5.38 Å². The predicted octanol–water partition coefficient (Wildman–Crippen LogP) is 3.46. The summed E-state index contributed by atoms with van der Waals surface area (Å²) < 4.78 is 32.3. The molecule has 164 valence electrons. The van der Waals surface area contributed by atoms with Crippen LogP contribution < -0.4 is 10.0 Å². The van der Waals surface area contributed by atoms with Crippen molar-refractivity contribution in [2.24, 2.45) is 0 Å². The van der Waals surface area contributed by atoms with Gasteiger partial charge in [0.1, 0.15) is 4.88 Å². The van der Waals surface area contributed by atoms with Crippen LogP contribution in [-0.4, -0.2) is 36.4 Å². The Morgan fingerprint density at radius 2 is 1.84 bits per heavy atom. The maximum Gasteiger partial charge on any atom is 0.350 e. The molecule has 0 saturated heterocycles. The molecule has 3 aromatic rings. The van der Waals surface area contributed by atoms with Gasteiger partial charge in [-0.1, -0.05) is 29.5 Å². The van der Waals surface area contributed by atoms with Crippen LogP contribution in [0.25, 0.3) is 0 Å². The average Bonchev–Trinajstić information content (AvgIpc) is 3.27. The number of amides is 1. The normalized spacial score (nSPS) is 11.4. The average molecular weight is 481 g/mol. The van der Waals surface area contributed by atoms with E-state index in [1.165, 1.54) is 12.1 Å². The Hall–Kier alpha value is -2.83. The third kappa shape index (κ3) is 6.09. The zero-order valence-corrected chi connectivity index (χ0v) is 19.4. The van der Waals surface area contributed by atoms with E-state index in [1.54, 1.807) is 44.4 Å². The number of nitrogens with zero attached hydrogens (tertiary/aromatic N) is 2.